The molecule has 0 aliphatic carbocycles. The number of terminal acetylenes is 1. The van der Waals surface area contributed by atoms with Crippen molar-refractivity contribution in [1.29, 1.82) is 0 Å². The topological polar surface area (TPSA) is 21.3 Å². The molecule has 0 aliphatic heterocycles. The molecule has 0 saturated carbocycles. The second-order valence-electron chi connectivity index (χ2n) is 5.10. The maximum absolute atomic E-state index is 5.50. The van der Waals surface area contributed by atoms with Crippen LogP contribution in [0.25, 0.3) is 10.8 Å². The lowest BCUT2D eigenvalue weighted by Crippen LogP contribution is -2.36. The normalized spacial score (nSPS) is 11.3. The molecule has 0 aromatic heterocycles. The first-order valence-electron chi connectivity index (χ1n) is 6.35. The van der Waals surface area contributed by atoms with Gasteiger partial charge in [-0.15, -0.1) is 6.42 Å². The highest BCUT2D eigenvalue weighted by Gasteiger charge is 2.13. The van der Waals surface area contributed by atoms with Gasteiger partial charge in [0.1, 0.15) is 5.75 Å². The van der Waals surface area contributed by atoms with E-state index in [1.807, 2.05) is 32.0 Å². The van der Waals surface area contributed by atoms with Crippen LogP contribution in [0.15, 0.2) is 36.4 Å². The van der Waals surface area contributed by atoms with Gasteiger partial charge >= 0.3 is 0 Å². The predicted molar refractivity (Wildman–Crippen MR) is 80.3 cm³/mol. The van der Waals surface area contributed by atoms with Gasteiger partial charge in [-0.1, -0.05) is 36.3 Å². The molecular formula is C17H19NO. The molecule has 2 rings (SSSR count). The van der Waals surface area contributed by atoms with Crippen molar-refractivity contribution >= 4 is 10.8 Å². The van der Waals surface area contributed by atoms with Crippen LogP contribution in [0.4, 0.5) is 0 Å². The van der Waals surface area contributed by atoms with Crippen LogP contribution < -0.4 is 10.1 Å². The number of fused-ring (bicyclic) bond motifs is 1. The van der Waals surface area contributed by atoms with Gasteiger partial charge in [0, 0.05) is 11.9 Å². The summed E-state index contributed by atoms with van der Waals surface area (Å²) in [6, 6.07) is 12.3. The minimum Gasteiger partial charge on any atom is -0.496 e. The first kappa shape index (κ1) is 13.5. The second-order valence-corrected chi connectivity index (χ2v) is 5.10. The largest absolute Gasteiger partial charge is 0.496 e. The summed E-state index contributed by atoms with van der Waals surface area (Å²) in [5.74, 6) is 3.65. The molecule has 2 aromatic carbocycles. The summed E-state index contributed by atoms with van der Waals surface area (Å²) in [7, 11) is 1.70. The summed E-state index contributed by atoms with van der Waals surface area (Å²) in [6.45, 7) is 4.74. The van der Waals surface area contributed by atoms with E-state index in [4.69, 9.17) is 11.2 Å². The summed E-state index contributed by atoms with van der Waals surface area (Å²) in [5.41, 5.74) is 0.917. The number of hydrogen-bond acceptors (Lipinski definition) is 2. The van der Waals surface area contributed by atoms with E-state index in [0.717, 1.165) is 17.7 Å². The van der Waals surface area contributed by atoms with Crippen LogP contribution >= 0.6 is 0 Å². The molecule has 2 nitrogen and oxygen atoms in total. The molecule has 0 radical (unpaired) electrons. The molecule has 2 aromatic rings. The Bertz CT molecular complexity index is 623. The second kappa shape index (κ2) is 5.34. The van der Waals surface area contributed by atoms with Crippen molar-refractivity contribution in [2.45, 2.75) is 25.9 Å². The van der Waals surface area contributed by atoms with Gasteiger partial charge in [0.15, 0.2) is 0 Å². The minimum atomic E-state index is -0.305. The SMILES string of the molecule is C#CC(C)(C)NCc1ccc(OC)c2ccccc12. The third-order valence-corrected chi connectivity index (χ3v) is 3.28. The van der Waals surface area contributed by atoms with E-state index < -0.39 is 0 Å². The van der Waals surface area contributed by atoms with E-state index in [0.29, 0.717) is 0 Å². The van der Waals surface area contributed by atoms with E-state index in [1.54, 1.807) is 7.11 Å². The molecular weight excluding hydrogens is 234 g/mol. The van der Waals surface area contributed by atoms with Gasteiger partial charge in [0.05, 0.1) is 12.6 Å². The Morgan fingerprint density at radius 2 is 1.84 bits per heavy atom. The zero-order valence-electron chi connectivity index (χ0n) is 11.7. The highest BCUT2D eigenvalue weighted by Crippen LogP contribution is 2.28. The van der Waals surface area contributed by atoms with Gasteiger partial charge in [-0.05, 0) is 30.9 Å². The van der Waals surface area contributed by atoms with E-state index in [-0.39, 0.29) is 5.54 Å². The molecule has 0 fully saturated rings. The van der Waals surface area contributed by atoms with Crippen molar-refractivity contribution in [3.63, 3.8) is 0 Å². The van der Waals surface area contributed by atoms with Gasteiger partial charge in [0.2, 0.25) is 0 Å². The van der Waals surface area contributed by atoms with E-state index >= 15 is 0 Å². The Labute approximate surface area is 114 Å². The van der Waals surface area contributed by atoms with Crippen LogP contribution in [0.3, 0.4) is 0 Å². The van der Waals surface area contributed by atoms with E-state index in [9.17, 15) is 0 Å². The lowest BCUT2D eigenvalue weighted by Gasteiger charge is -2.20. The Balaban J connectivity index is 2.38. The standard InChI is InChI=1S/C17H19NO/c1-5-17(2,3)18-12-13-10-11-16(19-4)15-9-7-6-8-14(13)15/h1,6-11,18H,12H2,2-4H3. The Morgan fingerprint density at radius 3 is 2.47 bits per heavy atom. The molecule has 0 spiro atoms. The Morgan fingerprint density at radius 1 is 1.16 bits per heavy atom. The molecule has 0 unspecified atom stereocenters. The number of nitrogens with one attached hydrogen (secondary N) is 1. The van der Waals surface area contributed by atoms with Crippen LogP contribution in [0.1, 0.15) is 19.4 Å². The molecule has 1 N–H and O–H groups in total. The first-order valence-corrected chi connectivity index (χ1v) is 6.35. The van der Waals surface area contributed by atoms with Crippen LogP contribution in [-0.2, 0) is 6.54 Å². The van der Waals surface area contributed by atoms with Crippen molar-refractivity contribution in [2.75, 3.05) is 7.11 Å². The summed E-state index contributed by atoms with van der Waals surface area (Å²) in [5, 5.41) is 5.70. The van der Waals surface area contributed by atoms with Crippen molar-refractivity contribution in [3.8, 4) is 18.1 Å². The van der Waals surface area contributed by atoms with Gasteiger partial charge in [0.25, 0.3) is 0 Å². The number of benzene rings is 2. The summed E-state index contributed by atoms with van der Waals surface area (Å²) in [4.78, 5) is 0. The third-order valence-electron chi connectivity index (χ3n) is 3.28. The van der Waals surface area contributed by atoms with Crippen LogP contribution in [0, 0.1) is 12.3 Å². The molecule has 0 saturated heterocycles. The van der Waals surface area contributed by atoms with Crippen LogP contribution in [-0.4, -0.2) is 12.6 Å². The lowest BCUT2D eigenvalue weighted by molar-refractivity contribution is 0.419. The quantitative estimate of drug-likeness (QED) is 0.844. The summed E-state index contributed by atoms with van der Waals surface area (Å²) in [6.07, 6.45) is 5.50. The summed E-state index contributed by atoms with van der Waals surface area (Å²) >= 11 is 0. The number of rotatable bonds is 4. The molecule has 0 bridgehead atoms. The molecule has 19 heavy (non-hydrogen) atoms. The van der Waals surface area contributed by atoms with Gasteiger partial charge in [-0.25, -0.2) is 0 Å². The van der Waals surface area contributed by atoms with Crippen molar-refractivity contribution < 1.29 is 4.74 Å². The smallest absolute Gasteiger partial charge is 0.126 e. The third kappa shape index (κ3) is 2.89. The number of hydrogen-bond donors (Lipinski definition) is 1. The van der Waals surface area contributed by atoms with Gasteiger partial charge < -0.3 is 4.74 Å². The van der Waals surface area contributed by atoms with Crippen molar-refractivity contribution in [1.82, 2.24) is 5.32 Å². The van der Waals surface area contributed by atoms with Crippen LogP contribution in [0.5, 0.6) is 5.75 Å². The highest BCUT2D eigenvalue weighted by molar-refractivity contribution is 5.91. The molecule has 0 amide bonds. The zero-order chi connectivity index (χ0) is 13.9. The Kier molecular flexibility index (Phi) is 3.78. The van der Waals surface area contributed by atoms with Gasteiger partial charge in [-0.3, -0.25) is 5.32 Å². The predicted octanol–water partition coefficient (Wildman–Crippen LogP) is 3.35. The van der Waals surface area contributed by atoms with E-state index in [1.165, 1.54) is 10.9 Å². The molecule has 98 valence electrons. The average Bonchev–Trinajstić information content (AvgIpc) is 2.44. The molecule has 0 heterocycles. The number of methoxy groups -OCH3 is 1. The number of ether oxygens (including phenoxy) is 1. The zero-order valence-corrected chi connectivity index (χ0v) is 11.7. The maximum atomic E-state index is 5.50. The fraction of sp³-hybridized carbons (Fsp3) is 0.294. The van der Waals surface area contributed by atoms with Crippen molar-refractivity contribution in [3.05, 3.63) is 42.0 Å². The fourth-order valence-electron chi connectivity index (χ4n) is 2.03. The first-order chi connectivity index (χ1) is 9.07. The van der Waals surface area contributed by atoms with Crippen molar-refractivity contribution in [2.24, 2.45) is 0 Å². The average molecular weight is 253 g/mol. The van der Waals surface area contributed by atoms with Crippen LogP contribution in [0.2, 0.25) is 0 Å². The molecule has 0 aliphatic rings. The Hall–Kier alpha value is -1.98. The van der Waals surface area contributed by atoms with Gasteiger partial charge in [-0.2, -0.15) is 0 Å². The highest BCUT2D eigenvalue weighted by atomic mass is 16.5. The molecule has 2 heteroatoms. The fourth-order valence-corrected chi connectivity index (χ4v) is 2.03. The summed E-state index contributed by atoms with van der Waals surface area (Å²) < 4.78 is 5.40. The lowest BCUT2D eigenvalue weighted by atomic mass is 10.0. The minimum absolute atomic E-state index is 0.305. The van der Waals surface area contributed by atoms with E-state index in [2.05, 4.69) is 29.4 Å². The monoisotopic (exact) mass is 253 g/mol. The molecule has 0 atom stereocenters. The maximum Gasteiger partial charge on any atom is 0.126 e.